The van der Waals surface area contributed by atoms with Crippen LogP contribution in [0.2, 0.25) is 0 Å². The Bertz CT molecular complexity index is 459. The molecule has 1 aromatic carbocycles. The van der Waals surface area contributed by atoms with Crippen molar-refractivity contribution in [1.82, 2.24) is 4.90 Å². The van der Waals surface area contributed by atoms with Crippen LogP contribution in [0, 0.1) is 5.82 Å². The van der Waals surface area contributed by atoms with E-state index in [-0.39, 0.29) is 5.82 Å². The van der Waals surface area contributed by atoms with Gasteiger partial charge in [-0.1, -0.05) is 18.2 Å². The van der Waals surface area contributed by atoms with Crippen LogP contribution in [0.25, 0.3) is 0 Å². The van der Waals surface area contributed by atoms with Crippen molar-refractivity contribution in [2.45, 2.75) is 19.5 Å². The van der Waals surface area contributed by atoms with Crippen molar-refractivity contribution in [2.24, 2.45) is 5.73 Å². The molecule has 0 spiro atoms. The van der Waals surface area contributed by atoms with Gasteiger partial charge in [-0.3, -0.25) is 4.90 Å². The summed E-state index contributed by atoms with van der Waals surface area (Å²) in [6.45, 7) is 3.58. The Labute approximate surface area is 113 Å². The van der Waals surface area contributed by atoms with E-state index in [1.807, 2.05) is 6.07 Å². The lowest BCUT2D eigenvalue weighted by Crippen LogP contribution is -2.29. The molecule has 1 aliphatic rings. The first kappa shape index (κ1) is 14.2. The molecule has 0 amide bonds. The van der Waals surface area contributed by atoms with E-state index >= 15 is 0 Å². The van der Waals surface area contributed by atoms with E-state index < -0.39 is 0 Å². The lowest BCUT2D eigenvalue weighted by atomic mass is 10.1. The molecule has 104 valence electrons. The van der Waals surface area contributed by atoms with E-state index in [9.17, 15) is 4.39 Å². The maximum Gasteiger partial charge on any atom is 0.127 e. The van der Waals surface area contributed by atoms with Gasteiger partial charge in [0.2, 0.25) is 0 Å². The van der Waals surface area contributed by atoms with Crippen molar-refractivity contribution in [3.63, 3.8) is 0 Å². The van der Waals surface area contributed by atoms with Crippen molar-refractivity contribution in [1.29, 1.82) is 0 Å². The first-order chi connectivity index (χ1) is 9.22. The highest BCUT2D eigenvalue weighted by molar-refractivity contribution is 5.25. The average molecular weight is 264 g/mol. The van der Waals surface area contributed by atoms with Gasteiger partial charge in [0.15, 0.2) is 0 Å². The standard InChI is InChI=1S/C15H21FN2O/c1-19-11-12-4-6-18(7-5-12)10-14-8-13(9-17)2-3-15(14)16/h2-4,8H,5-7,9-11,17H2,1H3. The Morgan fingerprint density at radius 2 is 2.26 bits per heavy atom. The summed E-state index contributed by atoms with van der Waals surface area (Å²) in [7, 11) is 1.71. The van der Waals surface area contributed by atoms with E-state index in [1.165, 1.54) is 11.6 Å². The molecule has 0 aromatic heterocycles. The molecular weight excluding hydrogens is 243 g/mol. The third-order valence-electron chi connectivity index (χ3n) is 3.46. The van der Waals surface area contributed by atoms with Crippen molar-refractivity contribution < 1.29 is 9.13 Å². The molecule has 4 heteroatoms. The molecule has 0 unspecified atom stereocenters. The van der Waals surface area contributed by atoms with E-state index in [4.69, 9.17) is 10.5 Å². The van der Waals surface area contributed by atoms with Gasteiger partial charge in [-0.15, -0.1) is 0 Å². The molecule has 0 radical (unpaired) electrons. The largest absolute Gasteiger partial charge is 0.380 e. The quantitative estimate of drug-likeness (QED) is 0.827. The topological polar surface area (TPSA) is 38.5 Å². The van der Waals surface area contributed by atoms with Crippen molar-refractivity contribution >= 4 is 0 Å². The highest BCUT2D eigenvalue weighted by atomic mass is 19.1. The van der Waals surface area contributed by atoms with E-state index in [0.29, 0.717) is 19.7 Å². The summed E-state index contributed by atoms with van der Waals surface area (Å²) in [5, 5.41) is 0. The van der Waals surface area contributed by atoms with Gasteiger partial charge >= 0.3 is 0 Å². The number of hydrogen-bond donors (Lipinski definition) is 1. The van der Waals surface area contributed by atoms with Crippen LogP contribution in [0.1, 0.15) is 17.5 Å². The average Bonchev–Trinajstić information content (AvgIpc) is 2.44. The zero-order chi connectivity index (χ0) is 13.7. The maximum absolute atomic E-state index is 13.8. The SMILES string of the molecule is COCC1=CCN(Cc2cc(CN)ccc2F)CC1. The number of ether oxygens (including phenoxy) is 1. The Morgan fingerprint density at radius 3 is 2.89 bits per heavy atom. The van der Waals surface area contributed by atoms with Gasteiger partial charge in [-0.25, -0.2) is 4.39 Å². The van der Waals surface area contributed by atoms with Crippen LogP contribution >= 0.6 is 0 Å². The number of methoxy groups -OCH3 is 1. The molecule has 0 bridgehead atoms. The van der Waals surface area contributed by atoms with Crippen LogP contribution in [0.5, 0.6) is 0 Å². The maximum atomic E-state index is 13.8. The summed E-state index contributed by atoms with van der Waals surface area (Å²) in [6.07, 6.45) is 3.17. The fourth-order valence-corrected chi connectivity index (χ4v) is 2.33. The molecular formula is C15H21FN2O. The first-order valence-electron chi connectivity index (χ1n) is 6.59. The van der Waals surface area contributed by atoms with E-state index in [1.54, 1.807) is 13.2 Å². The lowest BCUT2D eigenvalue weighted by molar-refractivity contribution is 0.210. The van der Waals surface area contributed by atoms with Gasteiger partial charge in [-0.05, 0) is 23.6 Å². The Hall–Kier alpha value is -1.23. The molecule has 3 nitrogen and oxygen atoms in total. The zero-order valence-corrected chi connectivity index (χ0v) is 11.4. The van der Waals surface area contributed by atoms with Gasteiger partial charge in [0.1, 0.15) is 5.82 Å². The molecule has 0 atom stereocenters. The number of rotatable bonds is 5. The van der Waals surface area contributed by atoms with Gasteiger partial charge in [-0.2, -0.15) is 0 Å². The third-order valence-corrected chi connectivity index (χ3v) is 3.46. The predicted molar refractivity (Wildman–Crippen MR) is 74.1 cm³/mol. The summed E-state index contributed by atoms with van der Waals surface area (Å²) >= 11 is 0. The minimum Gasteiger partial charge on any atom is -0.380 e. The second-order valence-corrected chi connectivity index (χ2v) is 4.91. The number of nitrogens with two attached hydrogens (primary N) is 1. The van der Waals surface area contributed by atoms with Gasteiger partial charge in [0.25, 0.3) is 0 Å². The Balaban J connectivity index is 1.99. The molecule has 2 N–H and O–H groups in total. The minimum absolute atomic E-state index is 0.149. The van der Waals surface area contributed by atoms with Crippen LogP contribution in [-0.4, -0.2) is 31.7 Å². The van der Waals surface area contributed by atoms with Crippen LogP contribution in [-0.2, 0) is 17.8 Å². The monoisotopic (exact) mass is 264 g/mol. The molecule has 2 rings (SSSR count). The fourth-order valence-electron chi connectivity index (χ4n) is 2.33. The lowest BCUT2D eigenvalue weighted by Gasteiger charge is -2.26. The summed E-state index contributed by atoms with van der Waals surface area (Å²) in [6, 6.07) is 5.11. The smallest absolute Gasteiger partial charge is 0.127 e. The van der Waals surface area contributed by atoms with Crippen LogP contribution < -0.4 is 5.73 Å². The number of nitrogens with zero attached hydrogens (tertiary/aromatic N) is 1. The van der Waals surface area contributed by atoms with Gasteiger partial charge in [0, 0.05) is 38.9 Å². The number of halogens is 1. The van der Waals surface area contributed by atoms with Crippen molar-refractivity contribution in [3.05, 3.63) is 46.8 Å². The molecule has 0 saturated carbocycles. The fraction of sp³-hybridized carbons (Fsp3) is 0.467. The van der Waals surface area contributed by atoms with Crippen LogP contribution in [0.15, 0.2) is 29.8 Å². The Morgan fingerprint density at radius 1 is 1.42 bits per heavy atom. The van der Waals surface area contributed by atoms with Crippen LogP contribution in [0.4, 0.5) is 4.39 Å². The molecule has 1 heterocycles. The van der Waals surface area contributed by atoms with E-state index in [0.717, 1.165) is 30.6 Å². The first-order valence-corrected chi connectivity index (χ1v) is 6.59. The molecule has 0 aliphatic carbocycles. The highest BCUT2D eigenvalue weighted by Crippen LogP contribution is 2.17. The number of hydrogen-bond acceptors (Lipinski definition) is 3. The zero-order valence-electron chi connectivity index (χ0n) is 11.4. The normalized spacial score (nSPS) is 16.5. The second-order valence-electron chi connectivity index (χ2n) is 4.91. The molecule has 19 heavy (non-hydrogen) atoms. The predicted octanol–water partition coefficient (Wildman–Crippen LogP) is 2.06. The molecule has 1 aromatic rings. The third kappa shape index (κ3) is 3.86. The summed E-state index contributed by atoms with van der Waals surface area (Å²) in [4.78, 5) is 2.23. The molecule has 0 saturated heterocycles. The van der Waals surface area contributed by atoms with Crippen molar-refractivity contribution in [3.8, 4) is 0 Å². The summed E-state index contributed by atoms with van der Waals surface area (Å²) < 4.78 is 18.9. The van der Waals surface area contributed by atoms with Crippen molar-refractivity contribution in [2.75, 3.05) is 26.8 Å². The highest BCUT2D eigenvalue weighted by Gasteiger charge is 2.14. The summed E-state index contributed by atoms with van der Waals surface area (Å²) in [5.74, 6) is -0.149. The second kappa shape index (κ2) is 6.80. The Kier molecular flexibility index (Phi) is 5.07. The van der Waals surface area contributed by atoms with Gasteiger partial charge in [0.05, 0.1) is 6.61 Å². The van der Waals surface area contributed by atoms with Gasteiger partial charge < -0.3 is 10.5 Å². The molecule has 1 aliphatic heterocycles. The molecule has 0 fully saturated rings. The number of benzene rings is 1. The summed E-state index contributed by atoms with van der Waals surface area (Å²) in [5.41, 5.74) is 8.63. The minimum atomic E-state index is -0.149. The van der Waals surface area contributed by atoms with Crippen LogP contribution in [0.3, 0.4) is 0 Å². The van der Waals surface area contributed by atoms with E-state index in [2.05, 4.69) is 11.0 Å².